The van der Waals surface area contributed by atoms with Crippen molar-refractivity contribution >= 4 is 5.82 Å². The van der Waals surface area contributed by atoms with E-state index in [-0.39, 0.29) is 11.4 Å². The van der Waals surface area contributed by atoms with E-state index in [2.05, 4.69) is 5.10 Å². The van der Waals surface area contributed by atoms with Gasteiger partial charge in [-0.1, -0.05) is 0 Å². The average molecular weight is 209 g/mol. The molecule has 0 spiro atoms. The van der Waals surface area contributed by atoms with Gasteiger partial charge in [-0.3, -0.25) is 4.68 Å². The molecule has 1 aromatic carbocycles. The first-order valence-electron chi connectivity index (χ1n) is 4.32. The van der Waals surface area contributed by atoms with Crippen molar-refractivity contribution in [2.75, 3.05) is 5.73 Å². The number of hydrogen-bond acceptors (Lipinski definition) is 2. The van der Waals surface area contributed by atoms with E-state index >= 15 is 0 Å². The Balaban J connectivity index is 2.62. The van der Waals surface area contributed by atoms with Crippen LogP contribution in [0, 0.1) is 11.6 Å². The van der Waals surface area contributed by atoms with Crippen LogP contribution in [0.5, 0.6) is 0 Å². The number of nitrogens with zero attached hydrogens (tertiary/aromatic N) is 2. The highest BCUT2D eigenvalue weighted by Crippen LogP contribution is 2.27. The van der Waals surface area contributed by atoms with Gasteiger partial charge in [0.2, 0.25) is 0 Å². The minimum Gasteiger partial charge on any atom is -0.382 e. The Labute approximate surface area is 85.1 Å². The lowest BCUT2D eigenvalue weighted by atomic mass is 10.1. The lowest BCUT2D eigenvalue weighted by molar-refractivity contribution is 0.603. The second kappa shape index (κ2) is 3.34. The van der Waals surface area contributed by atoms with Crippen LogP contribution in [-0.2, 0) is 7.05 Å². The normalized spacial score (nSPS) is 10.6. The summed E-state index contributed by atoms with van der Waals surface area (Å²) in [6, 6.07) is 3.23. The van der Waals surface area contributed by atoms with Gasteiger partial charge in [0, 0.05) is 24.4 Å². The zero-order valence-corrected chi connectivity index (χ0v) is 8.04. The number of hydrogen-bond donors (Lipinski definition) is 1. The summed E-state index contributed by atoms with van der Waals surface area (Å²) in [7, 11) is 1.66. The molecule has 0 aliphatic rings. The maximum atomic E-state index is 13.4. The van der Waals surface area contributed by atoms with Crippen molar-refractivity contribution in [3.05, 3.63) is 36.0 Å². The zero-order chi connectivity index (χ0) is 11.0. The predicted molar refractivity (Wildman–Crippen MR) is 53.0 cm³/mol. The fourth-order valence-electron chi connectivity index (χ4n) is 1.42. The van der Waals surface area contributed by atoms with E-state index in [1.807, 2.05) is 0 Å². The van der Waals surface area contributed by atoms with Crippen LogP contribution in [0.1, 0.15) is 0 Å². The van der Waals surface area contributed by atoms with Crippen LogP contribution in [-0.4, -0.2) is 9.78 Å². The first-order valence-corrected chi connectivity index (χ1v) is 4.32. The molecule has 2 aromatic rings. The van der Waals surface area contributed by atoms with Gasteiger partial charge in [0.1, 0.15) is 11.6 Å². The summed E-state index contributed by atoms with van der Waals surface area (Å²) in [4.78, 5) is 0. The molecule has 0 aliphatic heterocycles. The van der Waals surface area contributed by atoms with Gasteiger partial charge >= 0.3 is 0 Å². The summed E-state index contributed by atoms with van der Waals surface area (Å²) < 4.78 is 27.8. The number of aryl methyl sites for hydroxylation is 1. The molecule has 0 bridgehead atoms. The van der Waals surface area contributed by atoms with Crippen molar-refractivity contribution in [3.8, 4) is 11.1 Å². The zero-order valence-electron chi connectivity index (χ0n) is 8.04. The van der Waals surface area contributed by atoms with Gasteiger partial charge in [0.15, 0.2) is 5.82 Å². The quantitative estimate of drug-likeness (QED) is 0.780. The van der Waals surface area contributed by atoms with E-state index in [4.69, 9.17) is 5.73 Å². The number of nitrogens with two attached hydrogens (primary N) is 1. The molecule has 0 amide bonds. The summed E-state index contributed by atoms with van der Waals surface area (Å²) in [6.45, 7) is 0. The van der Waals surface area contributed by atoms with Crippen LogP contribution in [0.25, 0.3) is 11.1 Å². The predicted octanol–water partition coefficient (Wildman–Crippen LogP) is 1.95. The van der Waals surface area contributed by atoms with Gasteiger partial charge < -0.3 is 5.73 Å². The van der Waals surface area contributed by atoms with Gasteiger partial charge in [0.05, 0.1) is 0 Å². The van der Waals surface area contributed by atoms with Crippen molar-refractivity contribution in [1.29, 1.82) is 0 Å². The number of halogens is 2. The number of nitrogen functional groups attached to an aromatic ring is 1. The summed E-state index contributed by atoms with van der Waals surface area (Å²) in [5.41, 5.74) is 6.09. The molecule has 1 heterocycles. The molecule has 0 saturated carbocycles. The molecule has 0 saturated heterocycles. The maximum Gasteiger partial charge on any atom is 0.153 e. The first-order chi connectivity index (χ1) is 7.08. The first kappa shape index (κ1) is 9.64. The highest BCUT2D eigenvalue weighted by atomic mass is 19.1. The van der Waals surface area contributed by atoms with E-state index in [9.17, 15) is 8.78 Å². The molecule has 2 N–H and O–H groups in total. The van der Waals surface area contributed by atoms with Gasteiger partial charge in [-0.25, -0.2) is 8.78 Å². The molecule has 0 unspecified atom stereocenters. The lowest BCUT2D eigenvalue weighted by Gasteiger charge is -2.00. The Morgan fingerprint density at radius 1 is 1.27 bits per heavy atom. The molecular formula is C10H9F2N3. The van der Waals surface area contributed by atoms with Crippen LogP contribution < -0.4 is 5.73 Å². The molecule has 78 valence electrons. The fraction of sp³-hybridized carbons (Fsp3) is 0.100. The van der Waals surface area contributed by atoms with Crippen molar-refractivity contribution in [2.24, 2.45) is 7.05 Å². The summed E-state index contributed by atoms with van der Waals surface area (Å²) >= 11 is 0. The van der Waals surface area contributed by atoms with Gasteiger partial charge in [-0.15, -0.1) is 0 Å². The molecular weight excluding hydrogens is 200 g/mol. The second-order valence-electron chi connectivity index (χ2n) is 3.23. The van der Waals surface area contributed by atoms with Gasteiger partial charge in [0.25, 0.3) is 0 Å². The Kier molecular flexibility index (Phi) is 2.15. The van der Waals surface area contributed by atoms with E-state index in [1.165, 1.54) is 4.68 Å². The van der Waals surface area contributed by atoms with Gasteiger partial charge in [-0.2, -0.15) is 5.10 Å². The van der Waals surface area contributed by atoms with Crippen molar-refractivity contribution < 1.29 is 8.78 Å². The summed E-state index contributed by atoms with van der Waals surface area (Å²) in [5, 5.41) is 3.86. The molecule has 2 rings (SSSR count). The molecule has 0 aliphatic carbocycles. The minimum atomic E-state index is -0.517. The van der Waals surface area contributed by atoms with Crippen molar-refractivity contribution in [1.82, 2.24) is 9.78 Å². The third-order valence-electron chi connectivity index (χ3n) is 2.08. The Bertz CT molecular complexity index is 505. The number of aromatic nitrogens is 2. The topological polar surface area (TPSA) is 43.8 Å². The lowest BCUT2D eigenvalue weighted by Crippen LogP contribution is -1.92. The van der Waals surface area contributed by atoms with E-state index in [0.29, 0.717) is 5.56 Å². The van der Waals surface area contributed by atoms with Crippen LogP contribution in [0.2, 0.25) is 0 Å². The van der Waals surface area contributed by atoms with Gasteiger partial charge in [-0.05, 0) is 18.2 Å². The van der Waals surface area contributed by atoms with Crippen molar-refractivity contribution in [3.63, 3.8) is 0 Å². The largest absolute Gasteiger partial charge is 0.382 e. The monoisotopic (exact) mass is 209 g/mol. The number of anilines is 1. The number of rotatable bonds is 1. The van der Waals surface area contributed by atoms with Crippen LogP contribution in [0.15, 0.2) is 24.4 Å². The highest BCUT2D eigenvalue weighted by Gasteiger charge is 2.12. The Morgan fingerprint density at radius 3 is 2.60 bits per heavy atom. The van der Waals surface area contributed by atoms with Crippen LogP contribution >= 0.6 is 0 Å². The van der Waals surface area contributed by atoms with Crippen LogP contribution in [0.4, 0.5) is 14.6 Å². The smallest absolute Gasteiger partial charge is 0.153 e. The Morgan fingerprint density at radius 2 is 2.00 bits per heavy atom. The van der Waals surface area contributed by atoms with E-state index < -0.39 is 11.6 Å². The van der Waals surface area contributed by atoms with E-state index in [0.717, 1.165) is 18.2 Å². The summed E-state index contributed by atoms with van der Waals surface area (Å²) in [6.07, 6.45) is 1.55. The molecule has 0 fully saturated rings. The fourth-order valence-corrected chi connectivity index (χ4v) is 1.42. The highest BCUT2D eigenvalue weighted by molar-refractivity contribution is 5.73. The third kappa shape index (κ3) is 1.68. The van der Waals surface area contributed by atoms with Crippen molar-refractivity contribution in [2.45, 2.75) is 0 Å². The second-order valence-corrected chi connectivity index (χ2v) is 3.23. The maximum absolute atomic E-state index is 13.4. The minimum absolute atomic E-state index is 0.126. The molecule has 0 radical (unpaired) electrons. The molecule has 0 atom stereocenters. The standard InChI is InChI=1S/C10H9F2N3/c1-15-5-8(10(13)14-15)7-4-6(11)2-3-9(7)12/h2-5H,1H3,(H2,13,14). The number of benzene rings is 1. The summed E-state index contributed by atoms with van der Waals surface area (Å²) in [5.74, 6) is -0.840. The molecule has 1 aromatic heterocycles. The average Bonchev–Trinajstić information content (AvgIpc) is 2.50. The van der Waals surface area contributed by atoms with E-state index in [1.54, 1.807) is 13.2 Å². The third-order valence-corrected chi connectivity index (χ3v) is 2.08. The molecule has 5 heteroatoms. The van der Waals surface area contributed by atoms with Crippen LogP contribution in [0.3, 0.4) is 0 Å². The SMILES string of the molecule is Cn1cc(-c2cc(F)ccc2F)c(N)n1. The molecule has 3 nitrogen and oxygen atoms in total. The Hall–Kier alpha value is -1.91. The molecule has 15 heavy (non-hydrogen) atoms.